The van der Waals surface area contributed by atoms with Gasteiger partial charge in [0.25, 0.3) is 0 Å². The molecular weight excluding hydrogens is 217 g/mol. The van der Waals surface area contributed by atoms with Crippen LogP contribution in [0, 0.1) is 5.82 Å². The standard InChI is InChI=1S/C11H11ClFNO/c1-2-14-11(15)7-6-8-9(12)4-3-5-10(8)13/h3-7H,2H2,1H3,(H,14,15)/b7-6+. The summed E-state index contributed by atoms with van der Waals surface area (Å²) in [5.41, 5.74) is 0.227. The number of likely N-dealkylation sites (N-methyl/N-ethyl adjacent to an activating group) is 1. The van der Waals surface area contributed by atoms with Gasteiger partial charge in [0.1, 0.15) is 5.82 Å². The maximum atomic E-state index is 13.2. The van der Waals surface area contributed by atoms with Gasteiger partial charge in [-0.2, -0.15) is 0 Å². The van der Waals surface area contributed by atoms with Crippen molar-refractivity contribution in [1.82, 2.24) is 5.32 Å². The summed E-state index contributed by atoms with van der Waals surface area (Å²) in [4.78, 5) is 11.1. The van der Waals surface area contributed by atoms with E-state index in [1.165, 1.54) is 24.3 Å². The molecule has 0 bridgehead atoms. The summed E-state index contributed by atoms with van der Waals surface area (Å²) in [5.74, 6) is -0.708. The fraction of sp³-hybridized carbons (Fsp3) is 0.182. The highest BCUT2D eigenvalue weighted by molar-refractivity contribution is 6.32. The minimum atomic E-state index is -0.442. The molecule has 0 spiro atoms. The number of rotatable bonds is 3. The van der Waals surface area contributed by atoms with Crippen LogP contribution in [0.15, 0.2) is 24.3 Å². The zero-order valence-electron chi connectivity index (χ0n) is 8.26. The van der Waals surface area contributed by atoms with Gasteiger partial charge in [0.05, 0.1) is 5.02 Å². The van der Waals surface area contributed by atoms with Crippen LogP contribution in [0.3, 0.4) is 0 Å². The molecule has 1 N–H and O–H groups in total. The molecule has 0 unspecified atom stereocenters. The Kier molecular flexibility index (Phi) is 4.31. The predicted molar refractivity (Wildman–Crippen MR) is 59.1 cm³/mol. The molecule has 0 radical (unpaired) electrons. The number of carbonyl (C=O) groups is 1. The van der Waals surface area contributed by atoms with E-state index in [0.29, 0.717) is 6.54 Å². The van der Waals surface area contributed by atoms with Crippen LogP contribution in [0.1, 0.15) is 12.5 Å². The molecule has 0 fully saturated rings. The summed E-state index contributed by atoms with van der Waals surface area (Å²) < 4.78 is 13.2. The van der Waals surface area contributed by atoms with E-state index in [-0.39, 0.29) is 16.5 Å². The first-order valence-electron chi connectivity index (χ1n) is 4.55. The molecule has 0 heterocycles. The van der Waals surface area contributed by atoms with Gasteiger partial charge in [-0.15, -0.1) is 0 Å². The Morgan fingerprint density at radius 1 is 1.60 bits per heavy atom. The van der Waals surface area contributed by atoms with E-state index in [9.17, 15) is 9.18 Å². The molecule has 1 amide bonds. The minimum Gasteiger partial charge on any atom is -0.353 e. The van der Waals surface area contributed by atoms with Crippen molar-refractivity contribution in [2.45, 2.75) is 6.92 Å². The van der Waals surface area contributed by atoms with Gasteiger partial charge in [0.2, 0.25) is 5.91 Å². The van der Waals surface area contributed by atoms with E-state index in [1.54, 1.807) is 6.07 Å². The third-order valence-corrected chi connectivity index (χ3v) is 2.08. The first kappa shape index (κ1) is 11.7. The molecule has 0 aromatic heterocycles. The van der Waals surface area contributed by atoms with Crippen LogP contribution >= 0.6 is 11.6 Å². The SMILES string of the molecule is CCNC(=O)/C=C/c1c(F)cccc1Cl. The van der Waals surface area contributed by atoms with Crippen LogP contribution in [-0.4, -0.2) is 12.5 Å². The first-order chi connectivity index (χ1) is 7.15. The van der Waals surface area contributed by atoms with E-state index in [1.807, 2.05) is 6.92 Å². The average Bonchev–Trinajstić information content (AvgIpc) is 2.17. The molecule has 0 aliphatic carbocycles. The zero-order chi connectivity index (χ0) is 11.3. The lowest BCUT2D eigenvalue weighted by atomic mass is 10.2. The second-order valence-corrected chi connectivity index (χ2v) is 3.27. The highest BCUT2D eigenvalue weighted by Gasteiger charge is 2.03. The molecular formula is C11H11ClFNO. The topological polar surface area (TPSA) is 29.1 Å². The van der Waals surface area contributed by atoms with Crippen LogP contribution in [0.5, 0.6) is 0 Å². The monoisotopic (exact) mass is 227 g/mol. The number of amides is 1. The molecule has 1 rings (SSSR count). The van der Waals surface area contributed by atoms with Crippen LogP contribution < -0.4 is 5.32 Å². The number of halogens is 2. The van der Waals surface area contributed by atoms with Crippen molar-refractivity contribution in [3.8, 4) is 0 Å². The van der Waals surface area contributed by atoms with Gasteiger partial charge in [0, 0.05) is 18.2 Å². The summed E-state index contributed by atoms with van der Waals surface area (Å²) in [6.45, 7) is 2.34. The van der Waals surface area contributed by atoms with Gasteiger partial charge < -0.3 is 5.32 Å². The van der Waals surface area contributed by atoms with Gasteiger partial charge in [0.15, 0.2) is 0 Å². The number of hydrogen-bond donors (Lipinski definition) is 1. The van der Waals surface area contributed by atoms with E-state index < -0.39 is 5.82 Å². The maximum Gasteiger partial charge on any atom is 0.243 e. The molecule has 1 aromatic carbocycles. The molecule has 4 heteroatoms. The van der Waals surface area contributed by atoms with Crippen molar-refractivity contribution in [3.63, 3.8) is 0 Å². The van der Waals surface area contributed by atoms with Gasteiger partial charge in [-0.25, -0.2) is 4.39 Å². The minimum absolute atomic E-state index is 0.227. The molecule has 0 atom stereocenters. The third-order valence-electron chi connectivity index (χ3n) is 1.75. The fourth-order valence-electron chi connectivity index (χ4n) is 1.06. The first-order valence-corrected chi connectivity index (χ1v) is 4.93. The third kappa shape index (κ3) is 3.36. The lowest BCUT2D eigenvalue weighted by molar-refractivity contribution is -0.116. The smallest absolute Gasteiger partial charge is 0.243 e. The van der Waals surface area contributed by atoms with Crippen molar-refractivity contribution < 1.29 is 9.18 Å². The average molecular weight is 228 g/mol. The van der Waals surface area contributed by atoms with Crippen molar-refractivity contribution in [1.29, 1.82) is 0 Å². The summed E-state index contributed by atoms with van der Waals surface area (Å²) >= 11 is 5.77. The van der Waals surface area contributed by atoms with E-state index >= 15 is 0 Å². The Bertz CT molecular complexity index is 370. The van der Waals surface area contributed by atoms with Gasteiger partial charge in [-0.1, -0.05) is 17.7 Å². The van der Waals surface area contributed by atoms with Crippen LogP contribution in [0.4, 0.5) is 4.39 Å². The highest BCUT2D eigenvalue weighted by Crippen LogP contribution is 2.19. The number of hydrogen-bond acceptors (Lipinski definition) is 1. The summed E-state index contributed by atoms with van der Waals surface area (Å²) in [6, 6.07) is 4.38. The molecule has 15 heavy (non-hydrogen) atoms. The maximum absolute atomic E-state index is 13.2. The Labute approximate surface area is 92.7 Å². The van der Waals surface area contributed by atoms with E-state index in [4.69, 9.17) is 11.6 Å². The van der Waals surface area contributed by atoms with E-state index in [2.05, 4.69) is 5.32 Å². The van der Waals surface area contributed by atoms with Crippen LogP contribution in [-0.2, 0) is 4.79 Å². The largest absolute Gasteiger partial charge is 0.353 e. The van der Waals surface area contributed by atoms with Crippen molar-refractivity contribution in [2.24, 2.45) is 0 Å². The molecule has 0 saturated heterocycles. The number of benzene rings is 1. The van der Waals surface area contributed by atoms with Gasteiger partial charge >= 0.3 is 0 Å². The quantitative estimate of drug-likeness (QED) is 0.791. The lowest BCUT2D eigenvalue weighted by Gasteiger charge is -1.99. The Morgan fingerprint density at radius 2 is 2.33 bits per heavy atom. The van der Waals surface area contributed by atoms with Crippen LogP contribution in [0.2, 0.25) is 5.02 Å². The summed E-state index contributed by atoms with van der Waals surface area (Å²) in [5, 5.41) is 2.85. The van der Waals surface area contributed by atoms with Crippen LogP contribution in [0.25, 0.3) is 6.08 Å². The molecule has 0 aliphatic rings. The van der Waals surface area contributed by atoms with Gasteiger partial charge in [-0.05, 0) is 25.1 Å². The highest BCUT2D eigenvalue weighted by atomic mass is 35.5. The molecule has 0 aliphatic heterocycles. The van der Waals surface area contributed by atoms with Crippen molar-refractivity contribution in [3.05, 3.63) is 40.7 Å². The lowest BCUT2D eigenvalue weighted by Crippen LogP contribution is -2.19. The predicted octanol–water partition coefficient (Wildman–Crippen LogP) is 2.63. The van der Waals surface area contributed by atoms with Crippen molar-refractivity contribution in [2.75, 3.05) is 6.54 Å². The fourth-order valence-corrected chi connectivity index (χ4v) is 1.29. The Morgan fingerprint density at radius 3 is 2.93 bits per heavy atom. The second kappa shape index (κ2) is 5.51. The molecule has 1 aromatic rings. The molecule has 0 saturated carbocycles. The number of nitrogens with one attached hydrogen (secondary N) is 1. The summed E-state index contributed by atoms with van der Waals surface area (Å²) in [6.07, 6.45) is 2.62. The molecule has 2 nitrogen and oxygen atoms in total. The summed E-state index contributed by atoms with van der Waals surface area (Å²) in [7, 11) is 0. The number of carbonyl (C=O) groups excluding carboxylic acids is 1. The zero-order valence-corrected chi connectivity index (χ0v) is 9.01. The molecule has 80 valence electrons. The Balaban J connectivity index is 2.84. The van der Waals surface area contributed by atoms with Crippen molar-refractivity contribution >= 4 is 23.6 Å². The van der Waals surface area contributed by atoms with Gasteiger partial charge in [-0.3, -0.25) is 4.79 Å². The van der Waals surface area contributed by atoms with E-state index in [0.717, 1.165) is 0 Å². The second-order valence-electron chi connectivity index (χ2n) is 2.86. The normalized spacial score (nSPS) is 10.6. The Hall–Kier alpha value is -1.35.